The molecule has 17 heavy (non-hydrogen) atoms. The average Bonchev–Trinajstić information content (AvgIpc) is 2.78. The number of sulfonamides is 1. The number of hydrogen-bond acceptors (Lipinski definition) is 5. The minimum absolute atomic E-state index is 0.134. The molecule has 1 heterocycles. The first-order chi connectivity index (χ1) is 8.10. The van der Waals surface area contributed by atoms with Crippen molar-refractivity contribution < 1.29 is 18.3 Å². The molecule has 7 heteroatoms. The monoisotopic (exact) mass is 279 g/mol. The zero-order chi connectivity index (χ0) is 12.7. The normalized spacial score (nSPS) is 11.9. The zero-order valence-electron chi connectivity index (χ0n) is 9.68. The third-order valence-corrected chi connectivity index (χ3v) is 4.57. The highest BCUT2D eigenvalue weighted by Crippen LogP contribution is 2.18. The molecule has 0 aliphatic carbocycles. The zero-order valence-corrected chi connectivity index (χ0v) is 11.3. The van der Waals surface area contributed by atoms with Crippen LogP contribution in [-0.2, 0) is 21.4 Å². The number of hydrogen-bond donors (Lipinski definition) is 2. The lowest BCUT2D eigenvalue weighted by molar-refractivity contribution is 0.146. The number of rotatable bonds is 8. The lowest BCUT2D eigenvalue weighted by Gasteiger charge is -2.04. The highest BCUT2D eigenvalue weighted by Gasteiger charge is 2.15. The van der Waals surface area contributed by atoms with E-state index in [0.717, 1.165) is 0 Å². The summed E-state index contributed by atoms with van der Waals surface area (Å²) in [4.78, 5) is 0.850. The van der Waals surface area contributed by atoms with Crippen molar-refractivity contribution in [2.24, 2.45) is 0 Å². The maximum atomic E-state index is 11.8. The summed E-state index contributed by atoms with van der Waals surface area (Å²) in [6, 6.07) is 1.48. The van der Waals surface area contributed by atoms with Gasteiger partial charge in [-0.2, -0.15) is 0 Å². The largest absolute Gasteiger partial charge is 0.391 e. The first-order valence-electron chi connectivity index (χ1n) is 5.36. The Labute approximate surface area is 105 Å². The Morgan fingerprint density at radius 3 is 2.88 bits per heavy atom. The molecule has 0 fully saturated rings. The fraction of sp³-hybridized carbons (Fsp3) is 0.600. The van der Waals surface area contributed by atoms with Crippen molar-refractivity contribution in [3.05, 3.63) is 16.3 Å². The third-order valence-electron chi connectivity index (χ3n) is 2.06. The predicted molar refractivity (Wildman–Crippen MR) is 66.5 cm³/mol. The summed E-state index contributed by atoms with van der Waals surface area (Å²) >= 11 is 1.23. The van der Waals surface area contributed by atoms with E-state index >= 15 is 0 Å². The van der Waals surface area contributed by atoms with Crippen LogP contribution >= 0.6 is 11.3 Å². The van der Waals surface area contributed by atoms with Gasteiger partial charge in [-0.3, -0.25) is 0 Å². The number of nitrogens with one attached hydrogen (secondary N) is 1. The summed E-state index contributed by atoms with van der Waals surface area (Å²) in [5, 5.41) is 10.4. The second-order valence-corrected chi connectivity index (χ2v) is 6.12. The van der Waals surface area contributed by atoms with Gasteiger partial charge in [-0.25, -0.2) is 13.1 Å². The second-order valence-electron chi connectivity index (χ2n) is 3.36. The van der Waals surface area contributed by atoms with Crippen LogP contribution < -0.4 is 4.72 Å². The molecule has 0 saturated heterocycles. The quantitative estimate of drug-likeness (QED) is 0.695. The molecule has 1 aromatic rings. The Balaban J connectivity index is 2.45. The molecule has 1 rings (SSSR count). The van der Waals surface area contributed by atoms with Gasteiger partial charge in [0.25, 0.3) is 0 Å². The first kappa shape index (κ1) is 14.6. The molecular formula is C10H17NO4S2. The molecule has 0 unspecified atom stereocenters. The van der Waals surface area contributed by atoms with Gasteiger partial charge in [0, 0.05) is 30.0 Å². The van der Waals surface area contributed by atoms with Gasteiger partial charge in [0.15, 0.2) is 0 Å². The van der Waals surface area contributed by atoms with Crippen LogP contribution in [0, 0.1) is 0 Å². The van der Waals surface area contributed by atoms with E-state index in [9.17, 15) is 8.42 Å². The van der Waals surface area contributed by atoms with Crippen molar-refractivity contribution >= 4 is 21.4 Å². The van der Waals surface area contributed by atoms with Gasteiger partial charge in [0.05, 0.1) is 11.5 Å². The second kappa shape index (κ2) is 7.07. The van der Waals surface area contributed by atoms with Crippen LogP contribution in [0.3, 0.4) is 0 Å². The van der Waals surface area contributed by atoms with Crippen LogP contribution in [0.15, 0.2) is 16.3 Å². The topological polar surface area (TPSA) is 75.6 Å². The third kappa shape index (κ3) is 4.72. The van der Waals surface area contributed by atoms with E-state index in [2.05, 4.69) is 4.72 Å². The SMILES string of the molecule is CCOCCCNS(=O)(=O)c1csc(CO)c1. The molecule has 0 bridgehead atoms. The summed E-state index contributed by atoms with van der Waals surface area (Å²) in [5.41, 5.74) is 0. The molecule has 98 valence electrons. The van der Waals surface area contributed by atoms with E-state index in [1.165, 1.54) is 22.8 Å². The number of ether oxygens (including phenoxy) is 1. The maximum Gasteiger partial charge on any atom is 0.241 e. The van der Waals surface area contributed by atoms with Gasteiger partial charge in [0.1, 0.15) is 0 Å². The highest BCUT2D eigenvalue weighted by atomic mass is 32.2. The Hall–Kier alpha value is -0.470. The fourth-order valence-corrected chi connectivity index (χ4v) is 3.40. The fourth-order valence-electron chi connectivity index (χ4n) is 1.19. The van der Waals surface area contributed by atoms with Gasteiger partial charge in [-0.1, -0.05) is 0 Å². The molecule has 0 aliphatic heterocycles. The van der Waals surface area contributed by atoms with Crippen molar-refractivity contribution in [2.45, 2.75) is 24.8 Å². The Morgan fingerprint density at radius 2 is 2.29 bits per heavy atom. The van der Waals surface area contributed by atoms with Gasteiger partial charge >= 0.3 is 0 Å². The van der Waals surface area contributed by atoms with Gasteiger partial charge in [-0.05, 0) is 19.4 Å². The number of thiophene rings is 1. The average molecular weight is 279 g/mol. The van der Waals surface area contributed by atoms with E-state index in [-0.39, 0.29) is 11.5 Å². The van der Waals surface area contributed by atoms with E-state index in [0.29, 0.717) is 31.1 Å². The summed E-state index contributed by atoms with van der Waals surface area (Å²) in [5.74, 6) is 0. The predicted octanol–water partition coefficient (Wildman–Crippen LogP) is 0.945. The van der Waals surface area contributed by atoms with Crippen LogP contribution in [0.4, 0.5) is 0 Å². The Morgan fingerprint density at radius 1 is 1.53 bits per heavy atom. The smallest absolute Gasteiger partial charge is 0.241 e. The van der Waals surface area contributed by atoms with E-state index in [1.807, 2.05) is 6.92 Å². The molecule has 0 aliphatic rings. The van der Waals surface area contributed by atoms with Crippen LogP contribution in [-0.4, -0.2) is 33.3 Å². The molecule has 0 radical (unpaired) electrons. The molecule has 0 amide bonds. The van der Waals surface area contributed by atoms with E-state index < -0.39 is 10.0 Å². The lowest BCUT2D eigenvalue weighted by atomic mass is 10.5. The minimum atomic E-state index is -3.44. The summed E-state index contributed by atoms with van der Waals surface area (Å²) in [7, 11) is -3.44. The number of aliphatic hydroxyl groups is 1. The van der Waals surface area contributed by atoms with Crippen molar-refractivity contribution in [1.29, 1.82) is 0 Å². The minimum Gasteiger partial charge on any atom is -0.391 e. The highest BCUT2D eigenvalue weighted by molar-refractivity contribution is 7.89. The molecule has 5 nitrogen and oxygen atoms in total. The van der Waals surface area contributed by atoms with Crippen molar-refractivity contribution in [3.63, 3.8) is 0 Å². The van der Waals surface area contributed by atoms with Gasteiger partial charge in [0.2, 0.25) is 10.0 Å². The molecule has 0 spiro atoms. The van der Waals surface area contributed by atoms with Gasteiger partial charge in [-0.15, -0.1) is 11.3 Å². The summed E-state index contributed by atoms with van der Waals surface area (Å²) in [6.07, 6.45) is 0.643. The van der Waals surface area contributed by atoms with Crippen molar-refractivity contribution in [1.82, 2.24) is 4.72 Å². The van der Waals surface area contributed by atoms with Crippen molar-refractivity contribution in [3.8, 4) is 0 Å². The van der Waals surface area contributed by atoms with Crippen LogP contribution in [0.5, 0.6) is 0 Å². The maximum absolute atomic E-state index is 11.8. The molecule has 0 atom stereocenters. The van der Waals surface area contributed by atoms with E-state index in [1.54, 1.807) is 0 Å². The Bertz CT molecular complexity index is 427. The molecule has 2 N–H and O–H groups in total. The molecule has 0 aromatic carbocycles. The first-order valence-corrected chi connectivity index (χ1v) is 7.72. The summed E-state index contributed by atoms with van der Waals surface area (Å²) < 4.78 is 31.1. The van der Waals surface area contributed by atoms with E-state index in [4.69, 9.17) is 9.84 Å². The Kier molecular flexibility index (Phi) is 6.07. The van der Waals surface area contributed by atoms with Crippen LogP contribution in [0.1, 0.15) is 18.2 Å². The lowest BCUT2D eigenvalue weighted by Crippen LogP contribution is -2.25. The molecule has 0 saturated carbocycles. The molecular weight excluding hydrogens is 262 g/mol. The van der Waals surface area contributed by atoms with Crippen molar-refractivity contribution in [2.75, 3.05) is 19.8 Å². The van der Waals surface area contributed by atoms with Crippen LogP contribution in [0.25, 0.3) is 0 Å². The standard InChI is InChI=1S/C10H17NO4S2/c1-2-15-5-3-4-11-17(13,14)10-6-9(7-12)16-8-10/h6,8,11-12H,2-5,7H2,1H3. The number of aliphatic hydroxyl groups excluding tert-OH is 1. The summed E-state index contributed by atoms with van der Waals surface area (Å²) in [6.45, 7) is 3.30. The molecule has 1 aromatic heterocycles. The van der Waals surface area contributed by atoms with Crippen LogP contribution in [0.2, 0.25) is 0 Å². The van der Waals surface area contributed by atoms with Gasteiger partial charge < -0.3 is 9.84 Å².